The van der Waals surface area contributed by atoms with Crippen molar-refractivity contribution < 1.29 is 19.0 Å². The molecule has 0 spiro atoms. The average molecular weight is 292 g/mol. The molecule has 114 valence electrons. The molecule has 2 heterocycles. The van der Waals surface area contributed by atoms with Gasteiger partial charge in [0.15, 0.2) is 11.5 Å². The zero-order valence-electron chi connectivity index (χ0n) is 12.1. The van der Waals surface area contributed by atoms with Gasteiger partial charge in [0.2, 0.25) is 12.7 Å². The number of hydrogen-bond acceptors (Lipinski definition) is 5. The molecule has 1 saturated heterocycles. The smallest absolute Gasteiger partial charge is 0.231 e. The van der Waals surface area contributed by atoms with E-state index in [1.54, 1.807) is 7.11 Å². The molecule has 2 aliphatic heterocycles. The van der Waals surface area contributed by atoms with E-state index in [1.165, 1.54) is 0 Å². The summed E-state index contributed by atoms with van der Waals surface area (Å²) in [4.78, 5) is 12.0. The number of benzene rings is 1. The number of fused-ring (bicyclic) bond motifs is 1. The van der Waals surface area contributed by atoms with Crippen molar-refractivity contribution in [3.63, 3.8) is 0 Å². The molecular formula is C15H20N2O4. The van der Waals surface area contributed by atoms with Gasteiger partial charge in [0, 0.05) is 26.6 Å². The van der Waals surface area contributed by atoms with Crippen LogP contribution in [0, 0.1) is 0 Å². The molecule has 0 bridgehead atoms. The zero-order chi connectivity index (χ0) is 14.7. The number of amides is 1. The largest absolute Gasteiger partial charge is 0.454 e. The first-order valence-corrected chi connectivity index (χ1v) is 7.17. The molecule has 6 heteroatoms. The van der Waals surface area contributed by atoms with Crippen LogP contribution in [-0.2, 0) is 16.0 Å². The first-order chi connectivity index (χ1) is 10.3. The fourth-order valence-electron chi connectivity index (χ4n) is 2.68. The second kappa shape index (κ2) is 6.32. The number of carbonyl (C=O) groups excluding carboxylic acids is 1. The summed E-state index contributed by atoms with van der Waals surface area (Å²) in [5.41, 5.74) is 1.07. The van der Waals surface area contributed by atoms with Crippen molar-refractivity contribution in [2.75, 3.05) is 27.0 Å². The van der Waals surface area contributed by atoms with Crippen LogP contribution in [-0.4, -0.2) is 45.0 Å². The molecule has 1 aromatic carbocycles. The molecular weight excluding hydrogens is 272 g/mol. The van der Waals surface area contributed by atoms with Gasteiger partial charge in [0.25, 0.3) is 0 Å². The monoisotopic (exact) mass is 292 g/mol. The number of hydrogen-bond donors (Lipinski definition) is 2. The normalized spacial score (nSPS) is 23.3. The Morgan fingerprint density at radius 1 is 1.38 bits per heavy atom. The van der Waals surface area contributed by atoms with Crippen LogP contribution in [0.2, 0.25) is 0 Å². The minimum Gasteiger partial charge on any atom is -0.454 e. The number of carbonyl (C=O) groups is 1. The Morgan fingerprint density at radius 3 is 3.10 bits per heavy atom. The van der Waals surface area contributed by atoms with Crippen LogP contribution in [0.15, 0.2) is 18.2 Å². The van der Waals surface area contributed by atoms with E-state index in [1.807, 2.05) is 18.2 Å². The molecule has 1 aromatic rings. The maximum Gasteiger partial charge on any atom is 0.231 e. The number of aryl methyl sites for hydroxylation is 1. The van der Waals surface area contributed by atoms with E-state index in [9.17, 15) is 4.79 Å². The van der Waals surface area contributed by atoms with Gasteiger partial charge in [-0.3, -0.25) is 4.79 Å². The minimum atomic E-state index is 0.0448. The molecule has 0 unspecified atom stereocenters. The van der Waals surface area contributed by atoms with Gasteiger partial charge in [0.1, 0.15) is 0 Å². The third-order valence-electron chi connectivity index (χ3n) is 3.89. The lowest BCUT2D eigenvalue weighted by atomic mass is 10.1. The van der Waals surface area contributed by atoms with E-state index in [2.05, 4.69) is 10.6 Å². The van der Waals surface area contributed by atoms with Gasteiger partial charge in [0.05, 0.1) is 12.1 Å². The molecule has 2 aliphatic rings. The SMILES string of the molecule is CO[C@H]1CNC[C@@H]1NC(=O)CCc1ccc2c(c1)OCO2. The lowest BCUT2D eigenvalue weighted by molar-refractivity contribution is -0.122. The zero-order valence-corrected chi connectivity index (χ0v) is 12.1. The first-order valence-electron chi connectivity index (χ1n) is 7.17. The Labute approximate surface area is 123 Å². The van der Waals surface area contributed by atoms with E-state index in [0.29, 0.717) is 12.8 Å². The third kappa shape index (κ3) is 3.28. The predicted molar refractivity (Wildman–Crippen MR) is 76.5 cm³/mol. The number of methoxy groups -OCH3 is 1. The van der Waals surface area contributed by atoms with Crippen molar-refractivity contribution in [1.82, 2.24) is 10.6 Å². The van der Waals surface area contributed by atoms with E-state index < -0.39 is 0 Å². The summed E-state index contributed by atoms with van der Waals surface area (Å²) >= 11 is 0. The summed E-state index contributed by atoms with van der Waals surface area (Å²) in [7, 11) is 1.67. The van der Waals surface area contributed by atoms with Gasteiger partial charge in [-0.05, 0) is 24.1 Å². The molecule has 1 amide bonds. The molecule has 0 aliphatic carbocycles. The van der Waals surface area contributed by atoms with E-state index in [4.69, 9.17) is 14.2 Å². The summed E-state index contributed by atoms with van der Waals surface area (Å²) in [5.74, 6) is 1.57. The van der Waals surface area contributed by atoms with Crippen molar-refractivity contribution in [3.05, 3.63) is 23.8 Å². The van der Waals surface area contributed by atoms with Gasteiger partial charge in [-0.15, -0.1) is 0 Å². The van der Waals surface area contributed by atoms with Crippen molar-refractivity contribution in [2.45, 2.75) is 25.0 Å². The van der Waals surface area contributed by atoms with Crippen molar-refractivity contribution >= 4 is 5.91 Å². The summed E-state index contributed by atoms with van der Waals surface area (Å²) in [6, 6.07) is 5.84. The summed E-state index contributed by atoms with van der Waals surface area (Å²) in [6.45, 7) is 1.81. The van der Waals surface area contributed by atoms with Gasteiger partial charge in [-0.2, -0.15) is 0 Å². The molecule has 0 aromatic heterocycles. The van der Waals surface area contributed by atoms with Crippen LogP contribution in [0.5, 0.6) is 11.5 Å². The highest BCUT2D eigenvalue weighted by molar-refractivity contribution is 5.76. The van der Waals surface area contributed by atoms with Crippen LogP contribution in [0.4, 0.5) is 0 Å². The average Bonchev–Trinajstić information content (AvgIpc) is 3.12. The predicted octanol–water partition coefficient (Wildman–Crippen LogP) is 0.451. The molecule has 0 saturated carbocycles. The third-order valence-corrected chi connectivity index (χ3v) is 3.89. The second-order valence-corrected chi connectivity index (χ2v) is 5.29. The molecule has 6 nitrogen and oxygen atoms in total. The number of nitrogens with one attached hydrogen (secondary N) is 2. The maximum atomic E-state index is 12.0. The lowest BCUT2D eigenvalue weighted by Gasteiger charge is -2.18. The van der Waals surface area contributed by atoms with Crippen molar-refractivity contribution in [2.24, 2.45) is 0 Å². The standard InChI is InChI=1S/C15H20N2O4/c1-19-14-8-16-7-11(14)17-15(18)5-3-10-2-4-12-13(6-10)21-9-20-12/h2,4,6,11,14,16H,3,5,7-9H2,1H3,(H,17,18)/t11-,14-/m0/s1. The van der Waals surface area contributed by atoms with Crippen LogP contribution in [0.1, 0.15) is 12.0 Å². The van der Waals surface area contributed by atoms with Gasteiger partial charge < -0.3 is 24.8 Å². The van der Waals surface area contributed by atoms with Crippen LogP contribution in [0.25, 0.3) is 0 Å². The topological polar surface area (TPSA) is 68.8 Å². The summed E-state index contributed by atoms with van der Waals surface area (Å²) in [5, 5.41) is 6.23. The molecule has 2 N–H and O–H groups in total. The highest BCUT2D eigenvalue weighted by Gasteiger charge is 2.27. The van der Waals surface area contributed by atoms with E-state index in [0.717, 1.165) is 30.2 Å². The lowest BCUT2D eigenvalue weighted by Crippen LogP contribution is -2.43. The van der Waals surface area contributed by atoms with Crippen LogP contribution >= 0.6 is 0 Å². The Kier molecular flexibility index (Phi) is 4.26. The quantitative estimate of drug-likeness (QED) is 0.825. The van der Waals surface area contributed by atoms with E-state index >= 15 is 0 Å². The van der Waals surface area contributed by atoms with Gasteiger partial charge in [-0.1, -0.05) is 6.07 Å². The Hall–Kier alpha value is -1.79. The number of ether oxygens (including phenoxy) is 3. The second-order valence-electron chi connectivity index (χ2n) is 5.29. The Bertz CT molecular complexity index is 520. The van der Waals surface area contributed by atoms with Crippen molar-refractivity contribution in [1.29, 1.82) is 0 Å². The van der Waals surface area contributed by atoms with Gasteiger partial charge >= 0.3 is 0 Å². The first kappa shape index (κ1) is 14.2. The highest BCUT2D eigenvalue weighted by atomic mass is 16.7. The van der Waals surface area contributed by atoms with Crippen molar-refractivity contribution in [3.8, 4) is 11.5 Å². The highest BCUT2D eigenvalue weighted by Crippen LogP contribution is 2.32. The van der Waals surface area contributed by atoms with Crippen LogP contribution < -0.4 is 20.1 Å². The molecule has 21 heavy (non-hydrogen) atoms. The molecule has 3 rings (SSSR count). The Balaban J connectivity index is 1.49. The molecule has 0 radical (unpaired) electrons. The molecule has 1 fully saturated rings. The molecule has 2 atom stereocenters. The number of rotatable bonds is 5. The van der Waals surface area contributed by atoms with E-state index in [-0.39, 0.29) is 24.8 Å². The fraction of sp³-hybridized carbons (Fsp3) is 0.533. The Morgan fingerprint density at radius 2 is 2.24 bits per heavy atom. The minimum absolute atomic E-state index is 0.0448. The fourth-order valence-corrected chi connectivity index (χ4v) is 2.68. The summed E-state index contributed by atoms with van der Waals surface area (Å²) < 4.78 is 15.9. The van der Waals surface area contributed by atoms with Gasteiger partial charge in [-0.25, -0.2) is 0 Å². The van der Waals surface area contributed by atoms with Crippen LogP contribution in [0.3, 0.4) is 0 Å². The summed E-state index contributed by atoms with van der Waals surface area (Å²) in [6.07, 6.45) is 1.19. The maximum absolute atomic E-state index is 12.0.